The highest BCUT2D eigenvalue weighted by atomic mass is 32.2. The van der Waals surface area contributed by atoms with Crippen molar-refractivity contribution < 1.29 is 22.7 Å². The van der Waals surface area contributed by atoms with E-state index in [0.29, 0.717) is 24.6 Å². The first-order valence-electron chi connectivity index (χ1n) is 9.32. The molecule has 0 amide bonds. The van der Waals surface area contributed by atoms with Gasteiger partial charge in [0, 0.05) is 12.3 Å². The fourth-order valence-corrected chi connectivity index (χ4v) is 3.72. The smallest absolute Gasteiger partial charge is 0.338 e. The van der Waals surface area contributed by atoms with E-state index in [9.17, 15) is 13.2 Å². The predicted octanol–water partition coefficient (Wildman–Crippen LogP) is 2.78. The number of rotatable bonds is 9. The predicted molar refractivity (Wildman–Crippen MR) is 110 cm³/mol. The van der Waals surface area contributed by atoms with Crippen LogP contribution in [-0.2, 0) is 26.1 Å². The molecule has 2 aromatic carbocycles. The first-order chi connectivity index (χ1) is 14.4. The molecule has 0 aliphatic rings. The van der Waals surface area contributed by atoms with Crippen molar-refractivity contribution in [1.82, 2.24) is 15.0 Å². The average Bonchev–Trinajstić information content (AvgIpc) is 3.21. The van der Waals surface area contributed by atoms with E-state index in [1.165, 1.54) is 22.9 Å². The summed E-state index contributed by atoms with van der Waals surface area (Å²) in [7, 11) is -3.89. The molecule has 10 heteroatoms. The zero-order valence-electron chi connectivity index (χ0n) is 16.6. The lowest BCUT2D eigenvalue weighted by atomic mass is 10.2. The van der Waals surface area contributed by atoms with Gasteiger partial charge in [-0.25, -0.2) is 17.9 Å². The Bertz CT molecular complexity index is 1130. The summed E-state index contributed by atoms with van der Waals surface area (Å²) in [6.45, 7) is 4.70. The van der Waals surface area contributed by atoms with Crippen LogP contribution in [0.4, 0.5) is 5.69 Å². The lowest BCUT2D eigenvalue weighted by Gasteiger charge is -2.10. The maximum atomic E-state index is 12.8. The summed E-state index contributed by atoms with van der Waals surface area (Å²) in [6.07, 6.45) is 1.68. The third kappa shape index (κ3) is 5.22. The number of carbonyl (C=O) groups is 1. The number of ether oxygens (including phenoxy) is 2. The second kappa shape index (κ2) is 9.51. The van der Waals surface area contributed by atoms with Crippen molar-refractivity contribution in [1.29, 1.82) is 0 Å². The van der Waals surface area contributed by atoms with E-state index in [2.05, 4.69) is 15.0 Å². The topological polar surface area (TPSA) is 112 Å². The molecule has 1 heterocycles. The standard InChI is InChI=1S/C20H22N4O5S/c1-3-28-14-17-13-24(23-21-17)18-9-6-10-19(12-18)30(26,27)22-16-8-5-7-15(11-16)20(25)29-4-2/h5-13,22H,3-4,14H2,1-2H3. The van der Waals surface area contributed by atoms with Crippen molar-refractivity contribution in [3.8, 4) is 5.69 Å². The average molecular weight is 430 g/mol. The van der Waals surface area contributed by atoms with Crippen LogP contribution in [-0.4, -0.2) is 42.6 Å². The molecule has 0 bridgehead atoms. The maximum absolute atomic E-state index is 12.8. The molecule has 1 aromatic heterocycles. The molecule has 0 spiro atoms. The Morgan fingerprint density at radius 2 is 1.90 bits per heavy atom. The summed E-state index contributed by atoms with van der Waals surface area (Å²) in [5.74, 6) is -0.519. The zero-order chi connectivity index (χ0) is 21.6. The van der Waals surface area contributed by atoms with E-state index in [4.69, 9.17) is 9.47 Å². The molecule has 0 aliphatic carbocycles. The van der Waals surface area contributed by atoms with E-state index in [0.717, 1.165) is 0 Å². The summed E-state index contributed by atoms with van der Waals surface area (Å²) in [6, 6.07) is 12.4. The molecule has 0 atom stereocenters. The Kier molecular flexibility index (Phi) is 6.80. The molecule has 30 heavy (non-hydrogen) atoms. The van der Waals surface area contributed by atoms with E-state index >= 15 is 0 Å². The van der Waals surface area contributed by atoms with Gasteiger partial charge in [0.15, 0.2) is 0 Å². The molecule has 0 fully saturated rings. The largest absolute Gasteiger partial charge is 0.462 e. The Balaban J connectivity index is 1.82. The number of hydrogen-bond donors (Lipinski definition) is 1. The summed E-state index contributed by atoms with van der Waals surface area (Å²) >= 11 is 0. The molecule has 158 valence electrons. The molecule has 0 unspecified atom stereocenters. The normalized spacial score (nSPS) is 11.3. The molecule has 0 saturated carbocycles. The Morgan fingerprint density at radius 3 is 2.67 bits per heavy atom. The number of esters is 1. The van der Waals surface area contributed by atoms with Crippen molar-refractivity contribution in [3.63, 3.8) is 0 Å². The summed E-state index contributed by atoms with van der Waals surface area (Å²) in [4.78, 5) is 11.9. The van der Waals surface area contributed by atoms with Crippen molar-refractivity contribution in [2.45, 2.75) is 25.3 Å². The van der Waals surface area contributed by atoms with Crippen molar-refractivity contribution in [3.05, 3.63) is 66.0 Å². The highest BCUT2D eigenvalue weighted by molar-refractivity contribution is 7.92. The van der Waals surface area contributed by atoms with Gasteiger partial charge in [-0.3, -0.25) is 4.72 Å². The fourth-order valence-electron chi connectivity index (χ4n) is 2.63. The lowest BCUT2D eigenvalue weighted by molar-refractivity contribution is 0.0526. The van der Waals surface area contributed by atoms with Crippen LogP contribution >= 0.6 is 0 Å². The molecule has 9 nitrogen and oxygen atoms in total. The minimum atomic E-state index is -3.89. The second-order valence-electron chi connectivity index (χ2n) is 6.20. The van der Waals surface area contributed by atoms with E-state index in [1.54, 1.807) is 43.5 Å². The second-order valence-corrected chi connectivity index (χ2v) is 7.88. The van der Waals surface area contributed by atoms with Crippen LogP contribution in [0, 0.1) is 0 Å². The lowest BCUT2D eigenvalue weighted by Crippen LogP contribution is -2.14. The molecule has 1 N–H and O–H groups in total. The number of aromatic nitrogens is 3. The highest BCUT2D eigenvalue weighted by Gasteiger charge is 2.17. The zero-order valence-corrected chi connectivity index (χ0v) is 17.4. The van der Waals surface area contributed by atoms with Crippen molar-refractivity contribution in [2.24, 2.45) is 0 Å². The molecule has 0 aliphatic heterocycles. The number of nitrogens with one attached hydrogen (secondary N) is 1. The van der Waals surface area contributed by atoms with Gasteiger partial charge in [-0.15, -0.1) is 5.10 Å². The number of carbonyl (C=O) groups excluding carboxylic acids is 1. The summed E-state index contributed by atoms with van der Waals surface area (Å²) in [5.41, 5.74) is 1.69. The van der Waals surface area contributed by atoms with Gasteiger partial charge in [0.25, 0.3) is 10.0 Å². The van der Waals surface area contributed by atoms with E-state index < -0.39 is 16.0 Å². The highest BCUT2D eigenvalue weighted by Crippen LogP contribution is 2.20. The number of sulfonamides is 1. The van der Waals surface area contributed by atoms with Crippen LogP contribution in [0.2, 0.25) is 0 Å². The molecular formula is C20H22N4O5S. The molecule has 0 saturated heterocycles. The number of nitrogens with zero attached hydrogens (tertiary/aromatic N) is 3. The van der Waals surface area contributed by atoms with Gasteiger partial charge < -0.3 is 9.47 Å². The quantitative estimate of drug-likeness (QED) is 0.519. The third-order valence-electron chi connectivity index (χ3n) is 4.01. The van der Waals surface area contributed by atoms with E-state index in [-0.39, 0.29) is 22.8 Å². The van der Waals surface area contributed by atoms with Gasteiger partial charge in [-0.05, 0) is 50.2 Å². The third-order valence-corrected chi connectivity index (χ3v) is 5.39. The van der Waals surface area contributed by atoms with Crippen LogP contribution in [0.5, 0.6) is 0 Å². The van der Waals surface area contributed by atoms with Gasteiger partial charge in [0.05, 0.1) is 35.6 Å². The number of benzene rings is 2. The van der Waals surface area contributed by atoms with Crippen LogP contribution in [0.25, 0.3) is 5.69 Å². The van der Waals surface area contributed by atoms with Gasteiger partial charge in [-0.1, -0.05) is 17.3 Å². The summed E-state index contributed by atoms with van der Waals surface area (Å²) < 4.78 is 39.9. The van der Waals surface area contributed by atoms with Crippen LogP contribution in [0.15, 0.2) is 59.6 Å². The summed E-state index contributed by atoms with van der Waals surface area (Å²) in [5, 5.41) is 8.03. The first kappa shape index (κ1) is 21.5. The SMILES string of the molecule is CCOCc1cn(-c2cccc(S(=O)(=O)Nc3cccc(C(=O)OCC)c3)c2)nn1. The van der Waals surface area contributed by atoms with Gasteiger partial charge >= 0.3 is 5.97 Å². The fraction of sp³-hybridized carbons (Fsp3) is 0.250. The minimum absolute atomic E-state index is 0.0448. The molecule has 0 radical (unpaired) electrons. The van der Waals surface area contributed by atoms with Crippen molar-refractivity contribution in [2.75, 3.05) is 17.9 Å². The van der Waals surface area contributed by atoms with Crippen LogP contribution in [0.1, 0.15) is 29.9 Å². The van der Waals surface area contributed by atoms with E-state index in [1.807, 2.05) is 6.92 Å². The maximum Gasteiger partial charge on any atom is 0.338 e. The Labute approximate surface area is 174 Å². The Morgan fingerprint density at radius 1 is 1.10 bits per heavy atom. The first-order valence-corrected chi connectivity index (χ1v) is 10.8. The van der Waals surface area contributed by atoms with Crippen LogP contribution in [0.3, 0.4) is 0 Å². The van der Waals surface area contributed by atoms with Gasteiger partial charge in [0.1, 0.15) is 5.69 Å². The van der Waals surface area contributed by atoms with Crippen molar-refractivity contribution >= 4 is 21.7 Å². The number of anilines is 1. The number of hydrogen-bond acceptors (Lipinski definition) is 7. The molecule has 3 rings (SSSR count). The minimum Gasteiger partial charge on any atom is -0.462 e. The molecule has 3 aromatic rings. The monoisotopic (exact) mass is 430 g/mol. The molecular weight excluding hydrogens is 408 g/mol. The van der Waals surface area contributed by atoms with Gasteiger partial charge in [0.2, 0.25) is 0 Å². The Hall–Kier alpha value is -3.24. The van der Waals surface area contributed by atoms with Gasteiger partial charge in [-0.2, -0.15) is 0 Å². The van der Waals surface area contributed by atoms with Crippen LogP contribution < -0.4 is 4.72 Å².